The van der Waals surface area contributed by atoms with Gasteiger partial charge in [-0.25, -0.2) is 4.98 Å². The molecule has 0 aliphatic heterocycles. The van der Waals surface area contributed by atoms with E-state index < -0.39 is 0 Å². The fraction of sp³-hybridized carbons (Fsp3) is 0.250. The van der Waals surface area contributed by atoms with Crippen molar-refractivity contribution in [2.75, 3.05) is 0 Å². The van der Waals surface area contributed by atoms with Crippen molar-refractivity contribution in [3.8, 4) is 11.3 Å². The summed E-state index contributed by atoms with van der Waals surface area (Å²) in [6.07, 6.45) is 9.24. The van der Waals surface area contributed by atoms with Gasteiger partial charge in [0.1, 0.15) is 5.69 Å². The molecule has 130 valence electrons. The number of nitrogens with one attached hydrogen (secondary N) is 1. The number of hydrogen-bond acceptors (Lipinski definition) is 5. The zero-order valence-corrected chi connectivity index (χ0v) is 14.5. The van der Waals surface area contributed by atoms with Gasteiger partial charge in [-0.1, -0.05) is 6.07 Å². The lowest BCUT2D eigenvalue weighted by molar-refractivity contribution is 0.0926. The third-order valence-corrected chi connectivity index (χ3v) is 4.59. The molecule has 0 radical (unpaired) electrons. The molecule has 1 amide bonds. The summed E-state index contributed by atoms with van der Waals surface area (Å²) in [7, 11) is 0. The Morgan fingerprint density at radius 1 is 1.12 bits per heavy atom. The Balaban J connectivity index is 1.63. The second kappa shape index (κ2) is 7.00. The summed E-state index contributed by atoms with van der Waals surface area (Å²) in [6, 6.07) is 8.01. The van der Waals surface area contributed by atoms with E-state index in [2.05, 4.69) is 26.3 Å². The van der Waals surface area contributed by atoms with E-state index in [1.165, 1.54) is 18.0 Å². The lowest BCUT2D eigenvalue weighted by Gasteiger charge is -2.25. The minimum Gasteiger partial charge on any atom is -0.342 e. The molecule has 1 aliphatic carbocycles. The number of carbonyl (C=O) groups is 1. The first-order chi connectivity index (χ1) is 12.7. The quantitative estimate of drug-likeness (QED) is 0.789. The SMILES string of the molecule is Cc1ccc(-c2ccc3c(n2)C(NC(=O)c2cnccn2)CCC3)cn1. The first kappa shape index (κ1) is 16.3. The van der Waals surface area contributed by atoms with Crippen molar-refractivity contribution in [1.82, 2.24) is 25.3 Å². The zero-order valence-electron chi connectivity index (χ0n) is 14.5. The summed E-state index contributed by atoms with van der Waals surface area (Å²) in [6.45, 7) is 1.96. The highest BCUT2D eigenvalue weighted by atomic mass is 16.1. The maximum atomic E-state index is 12.5. The number of nitrogens with zero attached hydrogens (tertiary/aromatic N) is 4. The smallest absolute Gasteiger partial charge is 0.272 e. The summed E-state index contributed by atoms with van der Waals surface area (Å²) in [5.41, 5.74) is 5.26. The third kappa shape index (κ3) is 3.31. The van der Waals surface area contributed by atoms with E-state index in [1.807, 2.05) is 31.3 Å². The Morgan fingerprint density at radius 2 is 2.04 bits per heavy atom. The number of rotatable bonds is 3. The highest BCUT2D eigenvalue weighted by molar-refractivity contribution is 5.92. The topological polar surface area (TPSA) is 80.7 Å². The van der Waals surface area contributed by atoms with Crippen molar-refractivity contribution >= 4 is 5.91 Å². The van der Waals surface area contributed by atoms with Crippen LogP contribution in [0.2, 0.25) is 0 Å². The maximum absolute atomic E-state index is 12.5. The fourth-order valence-corrected chi connectivity index (χ4v) is 3.22. The monoisotopic (exact) mass is 345 g/mol. The van der Waals surface area contributed by atoms with Crippen LogP contribution in [0.15, 0.2) is 49.1 Å². The van der Waals surface area contributed by atoms with E-state index in [0.717, 1.165) is 41.9 Å². The van der Waals surface area contributed by atoms with Crippen molar-refractivity contribution in [2.45, 2.75) is 32.2 Å². The lowest BCUT2D eigenvalue weighted by Crippen LogP contribution is -2.32. The van der Waals surface area contributed by atoms with Crippen LogP contribution in [0.1, 0.15) is 46.3 Å². The Morgan fingerprint density at radius 3 is 2.81 bits per heavy atom. The Hall–Kier alpha value is -3.15. The molecule has 0 aromatic carbocycles. The van der Waals surface area contributed by atoms with Crippen molar-refractivity contribution in [1.29, 1.82) is 0 Å². The molecule has 1 N–H and O–H groups in total. The summed E-state index contributed by atoms with van der Waals surface area (Å²) < 4.78 is 0. The van der Waals surface area contributed by atoms with Gasteiger partial charge in [-0.15, -0.1) is 0 Å². The normalized spacial score (nSPS) is 16.0. The van der Waals surface area contributed by atoms with Gasteiger partial charge in [-0.05, 0) is 49.9 Å². The average molecular weight is 345 g/mol. The van der Waals surface area contributed by atoms with Gasteiger partial charge >= 0.3 is 0 Å². The van der Waals surface area contributed by atoms with Crippen LogP contribution in [0.5, 0.6) is 0 Å². The van der Waals surface area contributed by atoms with Gasteiger partial charge in [-0.2, -0.15) is 0 Å². The predicted molar refractivity (Wildman–Crippen MR) is 97.4 cm³/mol. The number of hydrogen-bond donors (Lipinski definition) is 1. The van der Waals surface area contributed by atoms with Crippen LogP contribution in [-0.2, 0) is 6.42 Å². The van der Waals surface area contributed by atoms with Gasteiger partial charge in [0.15, 0.2) is 0 Å². The first-order valence-electron chi connectivity index (χ1n) is 8.70. The molecule has 3 aromatic rings. The van der Waals surface area contributed by atoms with E-state index >= 15 is 0 Å². The van der Waals surface area contributed by atoms with Crippen LogP contribution in [0.3, 0.4) is 0 Å². The predicted octanol–water partition coefficient (Wildman–Crippen LogP) is 3.05. The number of amides is 1. The largest absolute Gasteiger partial charge is 0.342 e. The number of fused-ring (bicyclic) bond motifs is 1. The Kier molecular flexibility index (Phi) is 4.39. The molecule has 3 heterocycles. The molecule has 1 unspecified atom stereocenters. The highest BCUT2D eigenvalue weighted by Gasteiger charge is 2.24. The van der Waals surface area contributed by atoms with E-state index in [0.29, 0.717) is 5.69 Å². The second-order valence-electron chi connectivity index (χ2n) is 6.44. The summed E-state index contributed by atoms with van der Waals surface area (Å²) >= 11 is 0. The van der Waals surface area contributed by atoms with Gasteiger partial charge in [-0.3, -0.25) is 19.7 Å². The molecule has 4 rings (SSSR count). The molecule has 0 bridgehead atoms. The molecule has 6 heteroatoms. The van der Waals surface area contributed by atoms with Crippen LogP contribution in [0, 0.1) is 6.92 Å². The van der Waals surface area contributed by atoms with Crippen LogP contribution >= 0.6 is 0 Å². The molecular formula is C20H19N5O. The van der Waals surface area contributed by atoms with Gasteiger partial charge in [0, 0.05) is 29.8 Å². The Bertz CT molecular complexity index is 925. The summed E-state index contributed by atoms with van der Waals surface area (Å²) in [5.74, 6) is -0.222. The lowest BCUT2D eigenvalue weighted by atomic mass is 9.91. The number of aromatic nitrogens is 4. The van der Waals surface area contributed by atoms with Crippen molar-refractivity contribution in [3.05, 3.63) is 71.7 Å². The van der Waals surface area contributed by atoms with E-state index in [-0.39, 0.29) is 11.9 Å². The number of aryl methyl sites for hydroxylation is 2. The minimum atomic E-state index is -0.222. The van der Waals surface area contributed by atoms with E-state index in [9.17, 15) is 4.79 Å². The summed E-state index contributed by atoms with van der Waals surface area (Å²) in [5, 5.41) is 3.06. The van der Waals surface area contributed by atoms with Gasteiger partial charge in [0.25, 0.3) is 5.91 Å². The zero-order chi connectivity index (χ0) is 17.9. The number of pyridine rings is 2. The standard InChI is InChI=1S/C20H19N5O/c1-13-5-6-15(11-23-13)16-8-7-14-3-2-4-17(19(14)24-16)25-20(26)18-12-21-9-10-22-18/h5-12,17H,2-4H2,1H3,(H,25,26). The highest BCUT2D eigenvalue weighted by Crippen LogP contribution is 2.30. The molecule has 0 saturated heterocycles. The van der Waals surface area contributed by atoms with Crippen LogP contribution < -0.4 is 5.32 Å². The van der Waals surface area contributed by atoms with Crippen molar-refractivity contribution < 1.29 is 4.79 Å². The van der Waals surface area contributed by atoms with Crippen molar-refractivity contribution in [3.63, 3.8) is 0 Å². The third-order valence-electron chi connectivity index (χ3n) is 4.59. The minimum absolute atomic E-state index is 0.119. The van der Waals surface area contributed by atoms with E-state index in [4.69, 9.17) is 4.98 Å². The van der Waals surface area contributed by atoms with Gasteiger partial charge in [0.05, 0.1) is 23.6 Å². The molecule has 1 aliphatic rings. The molecule has 3 aromatic heterocycles. The first-order valence-corrected chi connectivity index (χ1v) is 8.70. The Labute approximate surface area is 151 Å². The molecule has 6 nitrogen and oxygen atoms in total. The summed E-state index contributed by atoms with van der Waals surface area (Å²) in [4.78, 5) is 29.7. The molecule has 0 saturated carbocycles. The van der Waals surface area contributed by atoms with Crippen LogP contribution in [-0.4, -0.2) is 25.8 Å². The van der Waals surface area contributed by atoms with Crippen LogP contribution in [0.4, 0.5) is 0 Å². The average Bonchev–Trinajstić information content (AvgIpc) is 2.69. The van der Waals surface area contributed by atoms with Gasteiger partial charge < -0.3 is 5.32 Å². The molecule has 0 fully saturated rings. The van der Waals surface area contributed by atoms with Crippen LogP contribution in [0.25, 0.3) is 11.3 Å². The second-order valence-corrected chi connectivity index (χ2v) is 6.44. The number of carbonyl (C=O) groups excluding carboxylic acids is 1. The molecular weight excluding hydrogens is 326 g/mol. The van der Waals surface area contributed by atoms with Gasteiger partial charge in [0.2, 0.25) is 0 Å². The van der Waals surface area contributed by atoms with E-state index in [1.54, 1.807) is 6.20 Å². The molecule has 1 atom stereocenters. The molecule has 26 heavy (non-hydrogen) atoms. The van der Waals surface area contributed by atoms with Crippen molar-refractivity contribution in [2.24, 2.45) is 0 Å². The molecule has 0 spiro atoms. The fourth-order valence-electron chi connectivity index (χ4n) is 3.22. The maximum Gasteiger partial charge on any atom is 0.272 e.